The minimum Gasteiger partial charge on any atom is -0.396 e. The molecule has 0 bridgehead atoms. The quantitative estimate of drug-likeness (QED) is 0.305. The van der Waals surface area contributed by atoms with Crippen molar-refractivity contribution in [3.8, 4) is 0 Å². The normalized spacial score (nSPS) is 21.9. The van der Waals surface area contributed by atoms with Crippen molar-refractivity contribution in [2.24, 2.45) is 10.4 Å². The van der Waals surface area contributed by atoms with Crippen LogP contribution in [0.2, 0.25) is 5.02 Å². The molecule has 6 nitrogen and oxygen atoms in total. The Labute approximate surface area is 190 Å². The molecule has 3 rings (SSSR count). The summed E-state index contributed by atoms with van der Waals surface area (Å²) in [5.41, 5.74) is 1.01. The van der Waals surface area contributed by atoms with Gasteiger partial charge in [0.15, 0.2) is 5.96 Å². The van der Waals surface area contributed by atoms with Crippen LogP contribution in [0.25, 0.3) is 0 Å². The smallest absolute Gasteiger partial charge is 0.191 e. The van der Waals surface area contributed by atoms with Gasteiger partial charge >= 0.3 is 0 Å². The van der Waals surface area contributed by atoms with Crippen LogP contribution < -0.4 is 15.5 Å². The number of guanidine groups is 1. The Kier molecular flexibility index (Phi) is 9.59. The fraction of sp³-hybridized carbons (Fsp3) is 0.650. The van der Waals surface area contributed by atoms with E-state index in [-0.39, 0.29) is 36.0 Å². The van der Waals surface area contributed by atoms with Gasteiger partial charge in [-0.2, -0.15) is 0 Å². The maximum absolute atomic E-state index is 9.87. The molecule has 0 aliphatic carbocycles. The molecule has 2 aliphatic rings. The van der Waals surface area contributed by atoms with E-state index in [9.17, 15) is 5.11 Å². The lowest BCUT2D eigenvalue weighted by Gasteiger charge is -2.34. The summed E-state index contributed by atoms with van der Waals surface area (Å²) < 4.78 is 5.44. The molecule has 2 saturated heterocycles. The molecule has 2 aliphatic heterocycles. The van der Waals surface area contributed by atoms with Gasteiger partial charge in [-0.05, 0) is 44.4 Å². The van der Waals surface area contributed by atoms with Crippen LogP contribution in [0.4, 0.5) is 5.69 Å². The molecule has 8 heteroatoms. The van der Waals surface area contributed by atoms with Crippen molar-refractivity contribution in [1.82, 2.24) is 10.6 Å². The van der Waals surface area contributed by atoms with Crippen molar-refractivity contribution >= 4 is 47.2 Å². The number of rotatable bonds is 6. The molecule has 1 aromatic rings. The molecule has 1 atom stereocenters. The molecule has 0 spiro atoms. The summed E-state index contributed by atoms with van der Waals surface area (Å²) in [4.78, 5) is 7.14. The lowest BCUT2D eigenvalue weighted by atomic mass is 9.81. The molecule has 0 saturated carbocycles. The Morgan fingerprint density at radius 3 is 2.86 bits per heavy atom. The zero-order valence-electron chi connectivity index (χ0n) is 16.5. The predicted molar refractivity (Wildman–Crippen MR) is 126 cm³/mol. The third-order valence-corrected chi connectivity index (χ3v) is 5.74. The van der Waals surface area contributed by atoms with Gasteiger partial charge in [-0.3, -0.25) is 4.99 Å². The van der Waals surface area contributed by atoms with Gasteiger partial charge < -0.3 is 25.4 Å². The molecular weight excluding hydrogens is 491 g/mol. The van der Waals surface area contributed by atoms with Crippen LogP contribution in [-0.4, -0.2) is 63.1 Å². The highest BCUT2D eigenvalue weighted by Gasteiger charge is 2.32. The van der Waals surface area contributed by atoms with Crippen molar-refractivity contribution in [1.29, 1.82) is 0 Å². The topological polar surface area (TPSA) is 69.1 Å². The summed E-state index contributed by atoms with van der Waals surface area (Å²) in [7, 11) is 0. The summed E-state index contributed by atoms with van der Waals surface area (Å²) in [5.74, 6) is 0.828. The number of hydrogen-bond donors (Lipinski definition) is 3. The molecule has 2 heterocycles. The Morgan fingerprint density at radius 1 is 1.39 bits per heavy atom. The highest BCUT2D eigenvalue weighted by Crippen LogP contribution is 2.30. The van der Waals surface area contributed by atoms with Crippen LogP contribution in [-0.2, 0) is 4.74 Å². The second kappa shape index (κ2) is 11.4. The second-order valence-electron chi connectivity index (χ2n) is 7.52. The Morgan fingerprint density at radius 2 is 2.18 bits per heavy atom. The fourth-order valence-electron chi connectivity index (χ4n) is 3.72. The highest BCUT2D eigenvalue weighted by molar-refractivity contribution is 14.0. The Balaban J connectivity index is 0.00000280. The van der Waals surface area contributed by atoms with Crippen LogP contribution >= 0.6 is 35.6 Å². The number of anilines is 1. The SMILES string of the molecule is CCNC(=NCC1(CO)CCOCC1)NC1CCN(c2cccc(Cl)c2)C1.I. The maximum Gasteiger partial charge on any atom is 0.191 e. The number of nitrogens with zero attached hydrogens (tertiary/aromatic N) is 2. The van der Waals surface area contributed by atoms with Crippen molar-refractivity contribution in [3.63, 3.8) is 0 Å². The molecule has 3 N–H and O–H groups in total. The maximum atomic E-state index is 9.87. The Hall–Kier alpha value is -0.770. The number of aliphatic hydroxyl groups excluding tert-OH is 1. The number of aliphatic imine (C=N–C) groups is 1. The molecular formula is C20H32ClIN4O2. The molecule has 0 radical (unpaired) electrons. The Bertz CT molecular complexity index is 640. The van der Waals surface area contributed by atoms with E-state index in [0.717, 1.165) is 55.6 Å². The van der Waals surface area contributed by atoms with Gasteiger partial charge in [-0.1, -0.05) is 17.7 Å². The monoisotopic (exact) mass is 522 g/mol. The lowest BCUT2D eigenvalue weighted by molar-refractivity contribution is -0.0106. The average molecular weight is 523 g/mol. The standard InChI is InChI=1S/C20H31ClN4O2.HI/c1-2-22-19(23-14-20(15-26)7-10-27-11-8-20)24-17-6-9-25(13-17)18-5-3-4-16(21)12-18;/h3-5,12,17,26H,2,6-11,13-15H2,1H3,(H2,22,23,24);1H. The van der Waals surface area contributed by atoms with Gasteiger partial charge in [-0.15, -0.1) is 24.0 Å². The summed E-state index contributed by atoms with van der Waals surface area (Å²) in [6.45, 7) is 6.98. The molecule has 2 fully saturated rings. The molecule has 0 aromatic heterocycles. The summed E-state index contributed by atoms with van der Waals surface area (Å²) >= 11 is 6.13. The van der Waals surface area contributed by atoms with Crippen molar-refractivity contribution in [3.05, 3.63) is 29.3 Å². The molecule has 28 heavy (non-hydrogen) atoms. The first-order valence-corrected chi connectivity index (χ1v) is 10.3. The largest absolute Gasteiger partial charge is 0.396 e. The first kappa shape index (κ1) is 23.5. The summed E-state index contributed by atoms with van der Waals surface area (Å²) in [5, 5.41) is 17.5. The summed E-state index contributed by atoms with van der Waals surface area (Å²) in [6.07, 6.45) is 2.77. The second-order valence-corrected chi connectivity index (χ2v) is 7.96. The molecule has 1 unspecified atom stereocenters. The van der Waals surface area contributed by atoms with E-state index in [2.05, 4.69) is 28.5 Å². The van der Waals surface area contributed by atoms with Gasteiger partial charge in [0.25, 0.3) is 0 Å². The number of ether oxygens (including phenoxy) is 1. The van der Waals surface area contributed by atoms with Gasteiger partial charge in [0, 0.05) is 55.0 Å². The summed E-state index contributed by atoms with van der Waals surface area (Å²) in [6, 6.07) is 8.34. The number of aliphatic hydroxyl groups is 1. The van der Waals surface area contributed by atoms with Crippen molar-refractivity contribution in [2.75, 3.05) is 50.9 Å². The fourth-order valence-corrected chi connectivity index (χ4v) is 3.90. The first-order chi connectivity index (χ1) is 13.1. The minimum atomic E-state index is -0.150. The third kappa shape index (κ3) is 6.37. The molecule has 158 valence electrons. The zero-order chi connectivity index (χ0) is 19.1. The molecule has 1 aromatic carbocycles. The lowest BCUT2D eigenvalue weighted by Crippen LogP contribution is -2.45. The number of nitrogens with one attached hydrogen (secondary N) is 2. The van der Waals surface area contributed by atoms with E-state index in [0.29, 0.717) is 25.8 Å². The van der Waals surface area contributed by atoms with Crippen LogP contribution in [0.3, 0.4) is 0 Å². The van der Waals surface area contributed by atoms with E-state index < -0.39 is 0 Å². The third-order valence-electron chi connectivity index (χ3n) is 5.51. The molecule has 0 amide bonds. The van der Waals surface area contributed by atoms with Crippen LogP contribution in [0.5, 0.6) is 0 Å². The van der Waals surface area contributed by atoms with Crippen molar-refractivity contribution in [2.45, 2.75) is 32.2 Å². The van der Waals surface area contributed by atoms with Crippen LogP contribution in [0.15, 0.2) is 29.3 Å². The number of benzene rings is 1. The van der Waals surface area contributed by atoms with E-state index in [1.807, 2.05) is 18.2 Å². The number of halogens is 2. The van der Waals surface area contributed by atoms with E-state index >= 15 is 0 Å². The van der Waals surface area contributed by atoms with E-state index in [1.54, 1.807) is 0 Å². The van der Waals surface area contributed by atoms with E-state index in [1.165, 1.54) is 0 Å². The van der Waals surface area contributed by atoms with Crippen LogP contribution in [0, 0.1) is 5.41 Å². The number of hydrogen-bond acceptors (Lipinski definition) is 4. The first-order valence-electron chi connectivity index (χ1n) is 9.88. The highest BCUT2D eigenvalue weighted by atomic mass is 127. The van der Waals surface area contributed by atoms with Gasteiger partial charge in [0.1, 0.15) is 0 Å². The van der Waals surface area contributed by atoms with Crippen LogP contribution in [0.1, 0.15) is 26.2 Å². The van der Waals surface area contributed by atoms with Gasteiger partial charge in [0.2, 0.25) is 0 Å². The average Bonchev–Trinajstić information content (AvgIpc) is 3.16. The van der Waals surface area contributed by atoms with Crippen molar-refractivity contribution < 1.29 is 9.84 Å². The van der Waals surface area contributed by atoms with Gasteiger partial charge in [0.05, 0.1) is 13.2 Å². The van der Waals surface area contributed by atoms with E-state index in [4.69, 9.17) is 21.3 Å². The van der Waals surface area contributed by atoms with Gasteiger partial charge in [-0.25, -0.2) is 0 Å². The minimum absolute atomic E-state index is 0. The predicted octanol–water partition coefficient (Wildman–Crippen LogP) is 2.88. The zero-order valence-corrected chi connectivity index (χ0v) is 19.6.